The highest BCUT2D eigenvalue weighted by molar-refractivity contribution is 7.90. The van der Waals surface area contributed by atoms with Crippen LogP contribution in [0.1, 0.15) is 53.3 Å². The van der Waals surface area contributed by atoms with Crippen LogP contribution in [-0.4, -0.2) is 54.7 Å². The van der Waals surface area contributed by atoms with E-state index in [4.69, 9.17) is 4.74 Å². The number of pyridine rings is 1. The van der Waals surface area contributed by atoms with Crippen LogP contribution in [0.25, 0.3) is 0 Å². The molecule has 0 atom stereocenters. The van der Waals surface area contributed by atoms with Crippen LogP contribution in [0.15, 0.2) is 23.4 Å². The van der Waals surface area contributed by atoms with E-state index in [2.05, 4.69) is 15.4 Å². The van der Waals surface area contributed by atoms with Crippen LogP contribution in [0.3, 0.4) is 0 Å². The number of anilines is 1. The number of aromatic nitrogens is 3. The first-order chi connectivity index (χ1) is 15.5. The molecule has 33 heavy (non-hydrogen) atoms. The van der Waals surface area contributed by atoms with Gasteiger partial charge in [0.2, 0.25) is 0 Å². The van der Waals surface area contributed by atoms with Crippen LogP contribution in [-0.2, 0) is 27.5 Å². The Bertz CT molecular complexity index is 1140. The Labute approximate surface area is 189 Å². The number of nitrogens with one attached hydrogen (secondary N) is 1. The summed E-state index contributed by atoms with van der Waals surface area (Å²) in [7, 11) is -3.62. The number of nitrogens with zero attached hydrogens (tertiary/aromatic N) is 3. The number of rotatable bonds is 7. The molecule has 4 rings (SSSR count). The predicted octanol–water partition coefficient (Wildman–Crippen LogP) is 3.34. The Balaban J connectivity index is 1.71. The normalized spacial score (nSPS) is 17.8. The Hall–Kier alpha value is -2.47. The molecule has 0 radical (unpaired) electrons. The molecule has 1 aliphatic heterocycles. The van der Waals surface area contributed by atoms with Gasteiger partial charge in [0, 0.05) is 49.4 Å². The van der Waals surface area contributed by atoms with Gasteiger partial charge < -0.3 is 10.1 Å². The Morgan fingerprint density at radius 2 is 1.94 bits per heavy atom. The third-order valence-corrected chi connectivity index (χ3v) is 6.77. The summed E-state index contributed by atoms with van der Waals surface area (Å²) >= 11 is 0. The number of halogens is 3. The van der Waals surface area contributed by atoms with Crippen LogP contribution in [0.4, 0.5) is 18.9 Å². The second kappa shape index (κ2) is 9.05. The van der Waals surface area contributed by atoms with E-state index in [0.29, 0.717) is 25.5 Å². The maximum Gasteiger partial charge on any atom is 0.393 e. The lowest BCUT2D eigenvalue weighted by Gasteiger charge is -2.22. The molecule has 3 heterocycles. The number of sulfone groups is 1. The van der Waals surface area contributed by atoms with Crippen molar-refractivity contribution in [1.82, 2.24) is 14.8 Å². The molecular formula is C21H25F3N4O4S. The van der Waals surface area contributed by atoms with Gasteiger partial charge in [0.25, 0.3) is 5.91 Å². The standard InChI is InChI=1S/C21H25F3N4O4S/c1-33(30,31)17-10-15(4-7-25-17)26-20(29)19-16(11-21(22,23)24)18(14-2-3-14)27-28(19)12-13-5-8-32-9-6-13/h4,7,10,13-14H,2-3,5-6,8-9,11-12H2,1H3,(H,25,26,29). The second-order valence-electron chi connectivity index (χ2n) is 8.63. The summed E-state index contributed by atoms with van der Waals surface area (Å²) in [5, 5.41) is 6.78. The Morgan fingerprint density at radius 3 is 2.55 bits per heavy atom. The highest BCUT2D eigenvalue weighted by Gasteiger charge is 2.39. The van der Waals surface area contributed by atoms with E-state index in [-0.39, 0.29) is 33.8 Å². The fraction of sp³-hybridized carbons (Fsp3) is 0.571. The first kappa shape index (κ1) is 23.7. The van der Waals surface area contributed by atoms with E-state index in [0.717, 1.165) is 31.9 Å². The fourth-order valence-electron chi connectivity index (χ4n) is 4.02. The average Bonchev–Trinajstić information content (AvgIpc) is 3.51. The number of amides is 1. The van der Waals surface area contributed by atoms with Crippen molar-refractivity contribution < 1.29 is 31.1 Å². The van der Waals surface area contributed by atoms with Crippen molar-refractivity contribution in [1.29, 1.82) is 0 Å². The van der Waals surface area contributed by atoms with Crippen molar-refractivity contribution in [2.24, 2.45) is 5.92 Å². The minimum atomic E-state index is -4.51. The first-order valence-corrected chi connectivity index (χ1v) is 12.6. The topological polar surface area (TPSA) is 103 Å². The zero-order valence-electron chi connectivity index (χ0n) is 18.1. The number of hydrogen-bond acceptors (Lipinski definition) is 6. The van der Waals surface area contributed by atoms with Crippen molar-refractivity contribution in [3.8, 4) is 0 Å². The summed E-state index contributed by atoms with van der Waals surface area (Å²) in [5.41, 5.74) is 0.224. The summed E-state index contributed by atoms with van der Waals surface area (Å²) in [4.78, 5) is 17.0. The molecule has 8 nitrogen and oxygen atoms in total. The van der Waals surface area contributed by atoms with E-state index in [1.165, 1.54) is 23.0 Å². The van der Waals surface area contributed by atoms with Crippen LogP contribution in [0, 0.1) is 5.92 Å². The number of hydrogen-bond donors (Lipinski definition) is 1. The molecular weight excluding hydrogens is 461 g/mol. The molecule has 0 unspecified atom stereocenters. The summed E-state index contributed by atoms with van der Waals surface area (Å²) < 4.78 is 70.7. The van der Waals surface area contributed by atoms with Crippen LogP contribution < -0.4 is 5.32 Å². The highest BCUT2D eigenvalue weighted by atomic mass is 32.2. The molecule has 180 valence electrons. The molecule has 1 N–H and O–H groups in total. The molecule has 12 heteroatoms. The number of carbonyl (C=O) groups excluding carboxylic acids is 1. The largest absolute Gasteiger partial charge is 0.393 e. The van der Waals surface area contributed by atoms with Gasteiger partial charge in [-0.25, -0.2) is 13.4 Å². The molecule has 2 fully saturated rings. The van der Waals surface area contributed by atoms with Crippen LogP contribution in [0.2, 0.25) is 0 Å². The van der Waals surface area contributed by atoms with Gasteiger partial charge in [0.05, 0.1) is 12.1 Å². The van der Waals surface area contributed by atoms with Gasteiger partial charge in [-0.05, 0) is 43.7 Å². The van der Waals surface area contributed by atoms with Gasteiger partial charge in [-0.15, -0.1) is 0 Å². The average molecular weight is 487 g/mol. The van der Waals surface area contributed by atoms with Gasteiger partial charge >= 0.3 is 6.18 Å². The van der Waals surface area contributed by atoms with Gasteiger partial charge in [-0.2, -0.15) is 18.3 Å². The number of alkyl halides is 3. The van der Waals surface area contributed by atoms with Gasteiger partial charge in [0.1, 0.15) is 5.69 Å². The van der Waals surface area contributed by atoms with Gasteiger partial charge in [0.15, 0.2) is 14.9 Å². The van der Waals surface area contributed by atoms with E-state index in [1.54, 1.807) is 0 Å². The molecule has 1 aliphatic carbocycles. The maximum atomic E-state index is 13.5. The molecule has 0 aromatic carbocycles. The minimum absolute atomic E-state index is 0.0809. The predicted molar refractivity (Wildman–Crippen MR) is 113 cm³/mol. The van der Waals surface area contributed by atoms with Crippen molar-refractivity contribution in [3.63, 3.8) is 0 Å². The lowest BCUT2D eigenvalue weighted by molar-refractivity contribution is -0.127. The lowest BCUT2D eigenvalue weighted by atomic mass is 10.00. The van der Waals surface area contributed by atoms with Crippen molar-refractivity contribution in [3.05, 3.63) is 35.3 Å². The van der Waals surface area contributed by atoms with Gasteiger partial charge in [-0.1, -0.05) is 0 Å². The molecule has 1 saturated carbocycles. The van der Waals surface area contributed by atoms with E-state index in [9.17, 15) is 26.4 Å². The number of ether oxygens (including phenoxy) is 1. The fourth-order valence-corrected chi connectivity index (χ4v) is 4.61. The van der Waals surface area contributed by atoms with Crippen LogP contribution >= 0.6 is 0 Å². The van der Waals surface area contributed by atoms with Crippen LogP contribution in [0.5, 0.6) is 0 Å². The zero-order valence-corrected chi connectivity index (χ0v) is 18.9. The summed E-state index contributed by atoms with van der Waals surface area (Å²) in [6, 6.07) is 2.56. The third kappa shape index (κ3) is 5.91. The summed E-state index contributed by atoms with van der Waals surface area (Å²) in [6.45, 7) is 1.43. The SMILES string of the molecule is CS(=O)(=O)c1cc(NC(=O)c2c(CC(F)(F)F)c(C3CC3)nn2CC2CCOCC2)ccn1. The van der Waals surface area contributed by atoms with Gasteiger partial charge in [-0.3, -0.25) is 9.48 Å². The van der Waals surface area contributed by atoms with E-state index < -0.39 is 28.3 Å². The Kier molecular flexibility index (Phi) is 6.50. The Morgan fingerprint density at radius 1 is 1.24 bits per heavy atom. The monoisotopic (exact) mass is 486 g/mol. The highest BCUT2D eigenvalue weighted by Crippen LogP contribution is 2.43. The first-order valence-electron chi connectivity index (χ1n) is 10.7. The summed E-state index contributed by atoms with van der Waals surface area (Å²) in [5.74, 6) is -0.706. The molecule has 0 spiro atoms. The molecule has 2 aliphatic rings. The molecule has 1 amide bonds. The quantitative estimate of drug-likeness (QED) is 0.644. The van der Waals surface area contributed by atoms with Crippen molar-refractivity contribution in [2.75, 3.05) is 24.8 Å². The summed E-state index contributed by atoms with van der Waals surface area (Å²) in [6.07, 6.45) is -0.617. The second-order valence-corrected chi connectivity index (χ2v) is 10.6. The van der Waals surface area contributed by atoms with E-state index >= 15 is 0 Å². The smallest absolute Gasteiger partial charge is 0.381 e. The third-order valence-electron chi connectivity index (χ3n) is 5.78. The van der Waals surface area contributed by atoms with Crippen molar-refractivity contribution >= 4 is 21.4 Å². The maximum absolute atomic E-state index is 13.5. The number of carbonyl (C=O) groups is 1. The molecule has 0 bridgehead atoms. The minimum Gasteiger partial charge on any atom is -0.381 e. The molecule has 1 saturated heterocycles. The lowest BCUT2D eigenvalue weighted by Crippen LogP contribution is -2.26. The zero-order chi connectivity index (χ0) is 23.8. The van der Waals surface area contributed by atoms with Crippen molar-refractivity contribution in [2.45, 2.75) is 55.8 Å². The molecule has 2 aromatic rings. The van der Waals surface area contributed by atoms with E-state index in [1.807, 2.05) is 0 Å². The molecule has 2 aromatic heterocycles.